The van der Waals surface area contributed by atoms with Gasteiger partial charge in [-0.15, -0.1) is 11.6 Å². The van der Waals surface area contributed by atoms with E-state index in [2.05, 4.69) is 31.9 Å². The summed E-state index contributed by atoms with van der Waals surface area (Å²) < 4.78 is 5.62. The summed E-state index contributed by atoms with van der Waals surface area (Å²) in [6, 6.07) is 2.92. The predicted molar refractivity (Wildman–Crippen MR) is 114 cm³/mol. The van der Waals surface area contributed by atoms with Gasteiger partial charge in [0.2, 0.25) is 0 Å². The first-order valence-corrected chi connectivity index (χ1v) is 12.2. The first kappa shape index (κ1) is 21.4. The fraction of sp³-hybridized carbons (Fsp3) is 0.917. The Kier molecular flexibility index (Phi) is 5.95. The van der Waals surface area contributed by atoms with E-state index in [0.29, 0.717) is 29.3 Å². The molecule has 4 aliphatic carbocycles. The maximum atomic E-state index is 11.7. The summed E-state index contributed by atoms with van der Waals surface area (Å²) in [5, 5.41) is 9.19. The van der Waals surface area contributed by atoms with Gasteiger partial charge in [0.1, 0.15) is 12.0 Å². The van der Waals surface area contributed by atoms with E-state index in [-0.39, 0.29) is 18.0 Å². The Labute approximate surface area is 181 Å². The first-order chi connectivity index (χ1) is 13.8. The van der Waals surface area contributed by atoms with Crippen molar-refractivity contribution in [3.8, 4) is 6.07 Å². The zero-order valence-electron chi connectivity index (χ0n) is 18.3. The molecule has 0 amide bonds. The second-order valence-electron chi connectivity index (χ2n) is 10.9. The highest BCUT2D eigenvalue weighted by molar-refractivity contribution is 6.26. The Hall–Kier alpha value is -0.790. The molecule has 0 aromatic carbocycles. The quantitative estimate of drug-likeness (QED) is 0.364. The summed E-state index contributed by atoms with van der Waals surface area (Å²) in [4.78, 5) is 14.0. The molecule has 4 nitrogen and oxygen atoms in total. The summed E-state index contributed by atoms with van der Waals surface area (Å²) >= 11 is 5.65. The molecule has 0 heterocycles. The molecular weight excluding hydrogens is 384 g/mol. The number of hydrogen-bond donors (Lipinski definition) is 0. The number of carbonyl (C=O) groups excluding carboxylic acids is 1. The topological polar surface area (TPSA) is 53.3 Å². The number of ether oxygens (including phenoxy) is 1. The summed E-state index contributed by atoms with van der Waals surface area (Å²) in [7, 11) is 2.15. The van der Waals surface area contributed by atoms with Crippen molar-refractivity contribution in [1.82, 2.24) is 4.90 Å². The van der Waals surface area contributed by atoms with E-state index in [1.165, 1.54) is 44.9 Å². The van der Waals surface area contributed by atoms with Gasteiger partial charge in [0.15, 0.2) is 0 Å². The molecule has 29 heavy (non-hydrogen) atoms. The number of rotatable bonds is 4. The first-order valence-electron chi connectivity index (χ1n) is 11.7. The maximum absolute atomic E-state index is 11.7. The Morgan fingerprint density at radius 2 is 1.83 bits per heavy atom. The molecule has 4 rings (SSSR count). The standard InChI is InChI=1S/C24H37ClN2O2/c1-23-10-8-17(29-22(28)15-25)14-16(23)4-5-18-19-6-7-21(27(3)13-12-26)24(19,2)11-9-20(18)23/h16-21H,4-11,13-15H2,1-3H3/t16-,17-,18?,19?,20?,21-,23-,24-/m0/s1. The van der Waals surface area contributed by atoms with Crippen molar-refractivity contribution in [3.05, 3.63) is 0 Å². The molecule has 4 aliphatic rings. The van der Waals surface area contributed by atoms with Crippen molar-refractivity contribution >= 4 is 17.6 Å². The van der Waals surface area contributed by atoms with E-state index in [1.807, 2.05) is 0 Å². The van der Waals surface area contributed by atoms with Crippen LogP contribution in [0.15, 0.2) is 0 Å². The number of nitriles is 1. The van der Waals surface area contributed by atoms with Crippen LogP contribution in [0, 0.1) is 45.8 Å². The molecule has 0 bridgehead atoms. The molecule has 0 saturated heterocycles. The molecule has 0 radical (unpaired) electrons. The van der Waals surface area contributed by atoms with Crippen molar-refractivity contribution in [2.45, 2.75) is 83.8 Å². The Bertz CT molecular complexity index is 678. The number of carbonyl (C=O) groups is 1. The monoisotopic (exact) mass is 420 g/mol. The Morgan fingerprint density at radius 3 is 2.55 bits per heavy atom. The third-order valence-corrected chi connectivity index (χ3v) is 10.0. The highest BCUT2D eigenvalue weighted by Crippen LogP contribution is 2.66. The van der Waals surface area contributed by atoms with E-state index >= 15 is 0 Å². The lowest BCUT2D eigenvalue weighted by Gasteiger charge is -2.61. The average molecular weight is 421 g/mol. The summed E-state index contributed by atoms with van der Waals surface area (Å²) in [6.07, 6.45) is 11.1. The van der Waals surface area contributed by atoms with E-state index in [4.69, 9.17) is 16.3 Å². The fourth-order valence-electron chi connectivity index (χ4n) is 8.46. The largest absolute Gasteiger partial charge is 0.461 e. The van der Waals surface area contributed by atoms with Gasteiger partial charge in [0.05, 0.1) is 12.6 Å². The number of esters is 1. The van der Waals surface area contributed by atoms with Crippen LogP contribution in [-0.4, -0.2) is 42.5 Å². The molecule has 3 unspecified atom stereocenters. The van der Waals surface area contributed by atoms with Gasteiger partial charge in [-0.05, 0) is 99.3 Å². The predicted octanol–water partition coefficient (Wildman–Crippen LogP) is 5.00. The second kappa shape index (κ2) is 8.04. The number of alkyl halides is 1. The van der Waals surface area contributed by atoms with Gasteiger partial charge >= 0.3 is 5.97 Å². The lowest BCUT2D eigenvalue weighted by Crippen LogP contribution is -2.56. The smallest absolute Gasteiger partial charge is 0.321 e. The van der Waals surface area contributed by atoms with Crippen molar-refractivity contribution in [3.63, 3.8) is 0 Å². The van der Waals surface area contributed by atoms with Gasteiger partial charge in [0.25, 0.3) is 0 Å². The van der Waals surface area contributed by atoms with E-state index < -0.39 is 0 Å². The van der Waals surface area contributed by atoms with Gasteiger partial charge in [-0.25, -0.2) is 0 Å². The van der Waals surface area contributed by atoms with Crippen LogP contribution in [0.1, 0.15) is 71.6 Å². The second-order valence-corrected chi connectivity index (χ2v) is 11.2. The minimum Gasteiger partial charge on any atom is -0.461 e. The number of halogens is 1. The maximum Gasteiger partial charge on any atom is 0.321 e. The zero-order chi connectivity index (χ0) is 20.8. The normalized spacial score (nSPS) is 46.3. The van der Waals surface area contributed by atoms with Crippen LogP contribution in [0.5, 0.6) is 0 Å². The van der Waals surface area contributed by atoms with Gasteiger partial charge in [0, 0.05) is 6.04 Å². The molecule has 4 saturated carbocycles. The minimum absolute atomic E-state index is 0.0369. The molecule has 0 N–H and O–H groups in total. The third kappa shape index (κ3) is 3.51. The van der Waals surface area contributed by atoms with Crippen molar-refractivity contribution in [1.29, 1.82) is 5.26 Å². The van der Waals surface area contributed by atoms with Crippen LogP contribution in [0.4, 0.5) is 0 Å². The lowest BCUT2D eigenvalue weighted by molar-refractivity contribution is -0.159. The van der Waals surface area contributed by atoms with Gasteiger partial charge in [-0.1, -0.05) is 13.8 Å². The molecule has 0 spiro atoms. The number of nitrogens with zero attached hydrogens (tertiary/aromatic N) is 2. The third-order valence-electron chi connectivity index (χ3n) is 9.83. The molecule has 0 aromatic rings. The van der Waals surface area contributed by atoms with Crippen LogP contribution < -0.4 is 0 Å². The Balaban J connectivity index is 1.49. The molecule has 5 heteroatoms. The molecule has 4 fully saturated rings. The van der Waals surface area contributed by atoms with E-state index in [9.17, 15) is 10.1 Å². The van der Waals surface area contributed by atoms with Crippen LogP contribution >= 0.6 is 11.6 Å². The fourth-order valence-corrected chi connectivity index (χ4v) is 8.52. The molecule has 0 aromatic heterocycles. The Morgan fingerprint density at radius 1 is 1.10 bits per heavy atom. The zero-order valence-corrected chi connectivity index (χ0v) is 19.1. The van der Waals surface area contributed by atoms with Crippen LogP contribution in [0.25, 0.3) is 0 Å². The molecule has 162 valence electrons. The summed E-state index contributed by atoms with van der Waals surface area (Å²) in [5.74, 6) is 2.82. The van der Waals surface area contributed by atoms with Gasteiger partial charge < -0.3 is 4.74 Å². The van der Waals surface area contributed by atoms with Crippen molar-refractivity contribution < 1.29 is 9.53 Å². The van der Waals surface area contributed by atoms with Gasteiger partial charge in [-0.3, -0.25) is 9.69 Å². The summed E-state index contributed by atoms with van der Waals surface area (Å²) in [6.45, 7) is 5.62. The SMILES string of the molecule is CN(CC#N)[C@H]1CCC2C3CC[C@H]4C[C@@H](OC(=O)CCl)CC[C@]4(C)C3CC[C@@]21C. The lowest BCUT2D eigenvalue weighted by atomic mass is 9.45. The molecular formula is C24H37ClN2O2. The van der Waals surface area contributed by atoms with Gasteiger partial charge in [-0.2, -0.15) is 5.26 Å². The van der Waals surface area contributed by atoms with Crippen LogP contribution in [0.2, 0.25) is 0 Å². The number of hydrogen-bond acceptors (Lipinski definition) is 4. The molecule has 0 aliphatic heterocycles. The number of fused-ring (bicyclic) bond motifs is 5. The summed E-state index contributed by atoms with van der Waals surface area (Å²) in [5.41, 5.74) is 0.758. The molecule has 8 atom stereocenters. The van der Waals surface area contributed by atoms with Crippen molar-refractivity contribution in [2.24, 2.45) is 34.5 Å². The van der Waals surface area contributed by atoms with E-state index in [1.54, 1.807) is 0 Å². The van der Waals surface area contributed by atoms with Crippen LogP contribution in [0.3, 0.4) is 0 Å². The van der Waals surface area contributed by atoms with Crippen molar-refractivity contribution in [2.75, 3.05) is 19.5 Å². The average Bonchev–Trinajstić information content (AvgIpc) is 3.05. The van der Waals surface area contributed by atoms with E-state index in [0.717, 1.165) is 30.6 Å². The highest BCUT2D eigenvalue weighted by Gasteiger charge is 2.60. The highest BCUT2D eigenvalue weighted by atomic mass is 35.5. The minimum atomic E-state index is -0.263. The van der Waals surface area contributed by atoms with Crippen LogP contribution in [-0.2, 0) is 9.53 Å².